The Balaban J connectivity index is 1.70. The van der Waals surface area contributed by atoms with Gasteiger partial charge in [-0.25, -0.2) is 0 Å². The van der Waals surface area contributed by atoms with Crippen LogP contribution >= 0.6 is 0 Å². The van der Waals surface area contributed by atoms with Gasteiger partial charge in [-0.1, -0.05) is 35.4 Å². The van der Waals surface area contributed by atoms with E-state index in [4.69, 9.17) is 17.8 Å². The van der Waals surface area contributed by atoms with Gasteiger partial charge in [-0.05, 0) is 58.4 Å². The van der Waals surface area contributed by atoms with Crippen LogP contribution in [0.4, 0.5) is 0 Å². The van der Waals surface area contributed by atoms with Crippen molar-refractivity contribution in [2.24, 2.45) is 5.92 Å². The Kier molecular flexibility index (Phi) is 7.98. The van der Waals surface area contributed by atoms with Gasteiger partial charge in [0.25, 0.3) is 20.2 Å². The normalized spacial score (nSPS) is 18.6. The maximum absolute atomic E-state index is 12.6. The fourth-order valence-electron chi connectivity index (χ4n) is 3.35. The molecule has 0 N–H and O–H groups in total. The molecule has 0 radical (unpaired) electrons. The first kappa shape index (κ1) is 25.8. The van der Waals surface area contributed by atoms with Crippen LogP contribution in [0.5, 0.6) is 0 Å². The molecule has 1 aliphatic heterocycles. The zero-order chi connectivity index (χ0) is 24.3. The van der Waals surface area contributed by atoms with Crippen molar-refractivity contribution in [3.05, 3.63) is 59.7 Å². The molecule has 1 atom stereocenters. The molecule has 0 unspecified atom stereocenters. The van der Waals surface area contributed by atoms with Crippen molar-refractivity contribution in [1.29, 1.82) is 0 Å². The predicted octanol–water partition coefficient (Wildman–Crippen LogP) is 3.57. The number of ether oxygens (including phenoxy) is 2. The quantitative estimate of drug-likeness (QED) is 0.458. The summed E-state index contributed by atoms with van der Waals surface area (Å²) in [4.78, 5) is 0.0586. The Morgan fingerprint density at radius 1 is 0.848 bits per heavy atom. The van der Waals surface area contributed by atoms with E-state index in [0.29, 0.717) is 13.0 Å². The summed E-state index contributed by atoms with van der Waals surface area (Å²) in [6.07, 6.45) is -0.0441. The van der Waals surface area contributed by atoms with E-state index in [0.717, 1.165) is 11.1 Å². The third-order valence-corrected chi connectivity index (χ3v) is 7.79. The molecule has 1 aliphatic rings. The molecule has 33 heavy (non-hydrogen) atoms. The molecule has 0 amide bonds. The van der Waals surface area contributed by atoms with Crippen LogP contribution in [-0.4, -0.2) is 48.5 Å². The molecule has 0 bridgehead atoms. The van der Waals surface area contributed by atoms with Crippen molar-refractivity contribution < 1.29 is 34.7 Å². The number of hydrogen-bond acceptors (Lipinski definition) is 8. The zero-order valence-corrected chi connectivity index (χ0v) is 20.8. The standard InChI is InChI=1S/C23H30O8S2/c1-17-5-9-21(10-6-17)32(24,25)29-14-19(13-20-16-28-23(3,4)31-20)15-30-33(26,27)22-11-7-18(2)8-12-22/h5-12,19-20H,13-16H2,1-4H3/t20-/m1/s1. The summed E-state index contributed by atoms with van der Waals surface area (Å²) in [6, 6.07) is 12.6. The summed E-state index contributed by atoms with van der Waals surface area (Å²) in [6.45, 7) is 7.03. The first-order chi connectivity index (χ1) is 15.4. The molecule has 3 rings (SSSR count). The van der Waals surface area contributed by atoms with Crippen LogP contribution in [0.2, 0.25) is 0 Å². The van der Waals surface area contributed by atoms with Crippen LogP contribution in [0.1, 0.15) is 31.4 Å². The van der Waals surface area contributed by atoms with E-state index < -0.39 is 31.9 Å². The lowest BCUT2D eigenvalue weighted by Crippen LogP contribution is -2.28. The minimum absolute atomic E-state index is 0.0293. The Bertz CT molecular complexity index is 1060. The second-order valence-corrected chi connectivity index (χ2v) is 11.9. The number of benzene rings is 2. The molecule has 2 aromatic carbocycles. The average molecular weight is 499 g/mol. The largest absolute Gasteiger partial charge is 0.348 e. The number of aryl methyl sites for hydroxylation is 2. The second kappa shape index (κ2) is 10.2. The van der Waals surface area contributed by atoms with Gasteiger partial charge >= 0.3 is 0 Å². The highest BCUT2D eigenvalue weighted by molar-refractivity contribution is 7.87. The van der Waals surface area contributed by atoms with Crippen molar-refractivity contribution in [2.75, 3.05) is 19.8 Å². The minimum Gasteiger partial charge on any atom is -0.348 e. The van der Waals surface area contributed by atoms with Crippen LogP contribution in [0, 0.1) is 19.8 Å². The van der Waals surface area contributed by atoms with E-state index in [-0.39, 0.29) is 29.1 Å². The Morgan fingerprint density at radius 3 is 1.64 bits per heavy atom. The summed E-state index contributed by atoms with van der Waals surface area (Å²) < 4.78 is 72.3. The molecular formula is C23H30O8S2. The van der Waals surface area contributed by atoms with E-state index in [9.17, 15) is 16.8 Å². The van der Waals surface area contributed by atoms with Crippen molar-refractivity contribution in [3.8, 4) is 0 Å². The lowest BCUT2D eigenvalue weighted by Gasteiger charge is -2.21. The van der Waals surface area contributed by atoms with Gasteiger partial charge in [0.15, 0.2) is 5.79 Å². The highest BCUT2D eigenvalue weighted by Crippen LogP contribution is 2.27. The molecule has 182 valence electrons. The van der Waals surface area contributed by atoms with Crippen molar-refractivity contribution in [2.45, 2.75) is 55.8 Å². The van der Waals surface area contributed by atoms with Gasteiger partial charge < -0.3 is 9.47 Å². The minimum atomic E-state index is -4.02. The summed E-state index contributed by atoms with van der Waals surface area (Å²) >= 11 is 0. The molecule has 1 fully saturated rings. The molecule has 10 heteroatoms. The topological polar surface area (TPSA) is 105 Å². The van der Waals surface area contributed by atoms with E-state index in [1.807, 2.05) is 13.8 Å². The monoisotopic (exact) mass is 498 g/mol. The highest BCUT2D eigenvalue weighted by Gasteiger charge is 2.35. The summed E-state index contributed by atoms with van der Waals surface area (Å²) in [5, 5.41) is 0. The summed E-state index contributed by atoms with van der Waals surface area (Å²) in [7, 11) is -8.03. The highest BCUT2D eigenvalue weighted by atomic mass is 32.2. The van der Waals surface area contributed by atoms with Crippen molar-refractivity contribution >= 4 is 20.2 Å². The smallest absolute Gasteiger partial charge is 0.296 e. The number of rotatable bonds is 10. The predicted molar refractivity (Wildman–Crippen MR) is 122 cm³/mol. The average Bonchev–Trinajstić information content (AvgIpc) is 3.09. The van der Waals surface area contributed by atoms with Crippen LogP contribution in [-0.2, 0) is 38.1 Å². The first-order valence-electron chi connectivity index (χ1n) is 10.6. The molecule has 1 heterocycles. The van der Waals surface area contributed by atoms with Gasteiger partial charge in [-0.2, -0.15) is 16.8 Å². The molecule has 0 aromatic heterocycles. The van der Waals surface area contributed by atoms with E-state index in [1.54, 1.807) is 38.1 Å². The summed E-state index contributed by atoms with van der Waals surface area (Å²) in [5.74, 6) is -1.34. The molecule has 1 saturated heterocycles. The molecule has 0 spiro atoms. The first-order valence-corrected chi connectivity index (χ1v) is 13.4. The van der Waals surface area contributed by atoms with E-state index >= 15 is 0 Å². The lowest BCUT2D eigenvalue weighted by molar-refractivity contribution is -0.140. The SMILES string of the molecule is Cc1ccc(S(=O)(=O)OCC(COS(=O)(=O)c2ccc(C)cc2)C[C@@H]2COC(C)(C)O2)cc1. The maximum Gasteiger partial charge on any atom is 0.296 e. The molecule has 2 aromatic rings. The molecule has 0 saturated carbocycles. The molecular weight excluding hydrogens is 468 g/mol. The Morgan fingerprint density at radius 2 is 1.27 bits per heavy atom. The van der Waals surface area contributed by atoms with Crippen molar-refractivity contribution in [3.63, 3.8) is 0 Å². The molecule has 0 aliphatic carbocycles. The van der Waals surface area contributed by atoms with Gasteiger partial charge in [0, 0.05) is 5.92 Å². The fraction of sp³-hybridized carbons (Fsp3) is 0.478. The maximum atomic E-state index is 12.6. The molecule has 8 nitrogen and oxygen atoms in total. The van der Waals surface area contributed by atoms with Crippen molar-refractivity contribution in [1.82, 2.24) is 0 Å². The lowest BCUT2D eigenvalue weighted by atomic mass is 10.0. The van der Waals surface area contributed by atoms with Gasteiger partial charge in [0.05, 0.1) is 35.7 Å². The third kappa shape index (κ3) is 7.33. The van der Waals surface area contributed by atoms with Crippen LogP contribution in [0.3, 0.4) is 0 Å². The van der Waals surface area contributed by atoms with Gasteiger partial charge in [0.2, 0.25) is 0 Å². The van der Waals surface area contributed by atoms with Gasteiger partial charge in [0.1, 0.15) is 0 Å². The van der Waals surface area contributed by atoms with E-state index in [2.05, 4.69) is 0 Å². The third-order valence-electron chi connectivity index (χ3n) is 5.20. The second-order valence-electron chi connectivity index (χ2n) is 8.66. The number of hydrogen-bond donors (Lipinski definition) is 0. The zero-order valence-electron chi connectivity index (χ0n) is 19.2. The van der Waals surface area contributed by atoms with Crippen LogP contribution in [0.25, 0.3) is 0 Å². The van der Waals surface area contributed by atoms with Gasteiger partial charge in [-0.3, -0.25) is 8.37 Å². The Hall–Kier alpha value is -1.82. The van der Waals surface area contributed by atoms with E-state index in [1.165, 1.54) is 24.3 Å². The fourth-order valence-corrected chi connectivity index (χ4v) is 5.31. The van der Waals surface area contributed by atoms with Crippen LogP contribution < -0.4 is 0 Å². The van der Waals surface area contributed by atoms with Crippen LogP contribution in [0.15, 0.2) is 58.3 Å². The van der Waals surface area contributed by atoms with Gasteiger partial charge in [-0.15, -0.1) is 0 Å². The Labute approximate surface area is 196 Å². The summed E-state index contributed by atoms with van der Waals surface area (Å²) in [5.41, 5.74) is 1.84.